The maximum atomic E-state index is 13.7. The molecule has 4 aromatic heterocycles. The normalized spacial score (nSPS) is 13.0. The summed E-state index contributed by atoms with van der Waals surface area (Å²) in [7, 11) is 0. The number of hydrogen-bond acceptors (Lipinski definition) is 3. The van der Waals surface area contributed by atoms with Crippen molar-refractivity contribution in [1.29, 1.82) is 0 Å². The van der Waals surface area contributed by atoms with Gasteiger partial charge in [0, 0.05) is 55.0 Å². The summed E-state index contributed by atoms with van der Waals surface area (Å²) in [6, 6.07) is 28.0. The number of hydrogen-bond donors (Lipinski definition) is 1. The first kappa shape index (κ1) is 39.2. The largest absolute Gasteiger partial charge is 0.512 e. The first-order valence-corrected chi connectivity index (χ1v) is 18.7. The Morgan fingerprint density at radius 1 is 0.796 bits per heavy atom. The van der Waals surface area contributed by atoms with E-state index in [9.17, 15) is 23.1 Å². The van der Waals surface area contributed by atoms with Crippen molar-refractivity contribution >= 4 is 71.3 Å². The number of allylic oxidation sites excluding steroid dienone is 2. The molecule has 283 valence electrons. The van der Waals surface area contributed by atoms with Gasteiger partial charge in [-0.1, -0.05) is 83.3 Å². The van der Waals surface area contributed by atoms with Crippen molar-refractivity contribution in [3.8, 4) is 0 Å². The number of rotatable bonds is 9. The van der Waals surface area contributed by atoms with E-state index < -0.39 is 11.6 Å². The summed E-state index contributed by atoms with van der Waals surface area (Å²) in [5.41, 5.74) is 4.47. The molecule has 8 rings (SSSR count). The van der Waals surface area contributed by atoms with Crippen molar-refractivity contribution in [1.82, 2.24) is 13.8 Å². The van der Waals surface area contributed by atoms with Gasteiger partial charge in [-0.2, -0.15) is 13.2 Å². The van der Waals surface area contributed by atoms with Crippen molar-refractivity contribution in [3.63, 3.8) is 0 Å². The van der Waals surface area contributed by atoms with Crippen LogP contribution >= 0.6 is 0 Å². The van der Waals surface area contributed by atoms with Crippen LogP contribution in [0.4, 0.5) is 13.2 Å². The molecule has 0 spiro atoms. The zero-order valence-electron chi connectivity index (χ0n) is 31.4. The molecule has 5 nitrogen and oxygen atoms in total. The smallest absolute Gasteiger partial charge is 0.394 e. The van der Waals surface area contributed by atoms with Gasteiger partial charge in [-0.3, -0.25) is 4.79 Å². The molecule has 8 aromatic rings. The molecule has 0 atom stereocenters. The van der Waals surface area contributed by atoms with Gasteiger partial charge in [0.2, 0.25) is 0 Å². The van der Waals surface area contributed by atoms with Crippen LogP contribution in [0.5, 0.6) is 0 Å². The standard InChI is InChI=1S/C32H21F3N3.C13H24O2.Ir/c1-31(2,32(33,34)35)17-18-10-11-21-23-12-13-36-30-29(23)37(26(21)14-18)25-9-5-8-22-24-15-19-6-3-4-7-20(19)16-27(24)38(30)28(22)25;1-5-10(6-2)12(14)9-13(15)11(7-3)8-4;/h3-15H,17H2,1-2H3;9-11,14H,5-8H2,1-4H3;/q-1;;/b;12-9-;. The van der Waals surface area contributed by atoms with E-state index in [1.807, 2.05) is 76.4 Å². The van der Waals surface area contributed by atoms with Crippen LogP contribution in [0, 0.1) is 23.3 Å². The van der Waals surface area contributed by atoms with E-state index in [-0.39, 0.29) is 49.9 Å². The molecule has 9 heteroatoms. The molecule has 0 saturated heterocycles. The molecule has 0 aliphatic carbocycles. The molecule has 0 amide bonds. The minimum absolute atomic E-state index is 0. The number of aliphatic hydroxyl groups excluding tert-OH is 1. The van der Waals surface area contributed by atoms with E-state index >= 15 is 0 Å². The zero-order chi connectivity index (χ0) is 37.8. The molecule has 0 bridgehead atoms. The van der Waals surface area contributed by atoms with Gasteiger partial charge in [0.25, 0.3) is 0 Å². The Labute approximate surface area is 326 Å². The fourth-order valence-corrected chi connectivity index (χ4v) is 7.93. The quantitative estimate of drug-likeness (QED) is 0.0679. The number of alkyl halides is 3. The van der Waals surface area contributed by atoms with Gasteiger partial charge < -0.3 is 13.9 Å². The van der Waals surface area contributed by atoms with Crippen LogP contribution in [0.2, 0.25) is 0 Å². The molecule has 4 heterocycles. The second-order valence-electron chi connectivity index (χ2n) is 14.9. The number of halogens is 3. The number of benzene rings is 4. The Kier molecular flexibility index (Phi) is 10.9. The van der Waals surface area contributed by atoms with Crippen molar-refractivity contribution in [3.05, 3.63) is 102 Å². The van der Waals surface area contributed by atoms with Gasteiger partial charge in [0.15, 0.2) is 11.4 Å². The SMILES string of the molecule is CC(C)(Cc1ccc2c3ccnc4c3n(c2c1)c1cccc2c3cc5ccccc5[c-]c3n4c21)C(F)(F)F.CCC(CC)C(=O)/C=C(\O)C(CC)CC.[Ir]. The van der Waals surface area contributed by atoms with Crippen LogP contribution < -0.4 is 0 Å². The van der Waals surface area contributed by atoms with E-state index in [0.29, 0.717) is 5.56 Å². The third-order valence-corrected chi connectivity index (χ3v) is 11.2. The van der Waals surface area contributed by atoms with E-state index in [4.69, 9.17) is 4.98 Å². The number of fused-ring (bicyclic) bond motifs is 9. The number of nitrogens with zero attached hydrogens (tertiary/aromatic N) is 3. The number of para-hydroxylation sites is 1. The third-order valence-electron chi connectivity index (χ3n) is 11.2. The number of aromatic nitrogens is 3. The molecule has 4 aromatic carbocycles. The Hall–Kier alpha value is -4.46. The Bertz CT molecular complexity index is 2660. The van der Waals surface area contributed by atoms with E-state index in [0.717, 1.165) is 91.2 Å². The van der Waals surface area contributed by atoms with Crippen LogP contribution in [0.15, 0.2) is 90.8 Å². The number of pyridine rings is 1. The molecular weight excluding hydrogens is 864 g/mol. The van der Waals surface area contributed by atoms with Gasteiger partial charge in [-0.15, -0.1) is 35.0 Å². The second-order valence-corrected chi connectivity index (χ2v) is 14.9. The van der Waals surface area contributed by atoms with Gasteiger partial charge in [-0.25, -0.2) is 4.98 Å². The molecule has 0 unspecified atom stereocenters. The summed E-state index contributed by atoms with van der Waals surface area (Å²) < 4.78 is 45.5. The van der Waals surface area contributed by atoms with E-state index in [1.165, 1.54) is 19.9 Å². The average Bonchev–Trinajstić information content (AvgIpc) is 3.63. The Morgan fingerprint density at radius 3 is 2.17 bits per heavy atom. The molecule has 1 N–H and O–H groups in total. The predicted molar refractivity (Wildman–Crippen MR) is 211 cm³/mol. The molecule has 0 aliphatic rings. The topological polar surface area (TPSA) is 59.0 Å². The van der Waals surface area contributed by atoms with Crippen LogP contribution in [-0.2, 0) is 31.3 Å². The first-order chi connectivity index (χ1) is 25.3. The van der Waals surface area contributed by atoms with Gasteiger partial charge >= 0.3 is 6.18 Å². The summed E-state index contributed by atoms with van der Waals surface area (Å²) in [6.45, 7) is 10.6. The molecule has 0 saturated carbocycles. The van der Waals surface area contributed by atoms with Gasteiger partial charge in [-0.05, 0) is 66.8 Å². The first-order valence-electron chi connectivity index (χ1n) is 18.7. The minimum Gasteiger partial charge on any atom is -0.512 e. The van der Waals surface area contributed by atoms with Crippen molar-refractivity contribution in [2.75, 3.05) is 0 Å². The van der Waals surface area contributed by atoms with Gasteiger partial charge in [0.1, 0.15) is 0 Å². The number of carbonyl (C=O) groups is 1. The number of carbonyl (C=O) groups excluding carboxylic acids is 1. The summed E-state index contributed by atoms with van der Waals surface area (Å²) >= 11 is 0. The van der Waals surface area contributed by atoms with E-state index in [2.05, 4.69) is 45.2 Å². The molecule has 54 heavy (non-hydrogen) atoms. The maximum absolute atomic E-state index is 13.7. The third kappa shape index (κ3) is 6.53. The summed E-state index contributed by atoms with van der Waals surface area (Å²) in [4.78, 5) is 16.6. The average molecular weight is 909 g/mol. The fourth-order valence-electron chi connectivity index (χ4n) is 7.93. The van der Waals surface area contributed by atoms with Crippen LogP contribution in [0.3, 0.4) is 0 Å². The summed E-state index contributed by atoms with van der Waals surface area (Å²) in [6.07, 6.45) is 2.34. The fraction of sp³-hybridized carbons (Fsp3) is 0.333. The summed E-state index contributed by atoms with van der Waals surface area (Å²) in [5, 5.41) is 16.1. The van der Waals surface area contributed by atoms with Crippen molar-refractivity contribution in [2.45, 2.75) is 79.8 Å². The molecule has 1 radical (unpaired) electrons. The predicted octanol–water partition coefficient (Wildman–Crippen LogP) is 12.6. The molecular formula is C45H45F3IrN3O2-. The van der Waals surface area contributed by atoms with Crippen molar-refractivity contribution < 1.29 is 43.2 Å². The minimum atomic E-state index is -4.29. The van der Waals surface area contributed by atoms with E-state index in [1.54, 1.807) is 0 Å². The van der Waals surface area contributed by atoms with Crippen LogP contribution in [0.1, 0.15) is 72.8 Å². The molecule has 0 aliphatic heterocycles. The van der Waals surface area contributed by atoms with Crippen LogP contribution in [0.25, 0.3) is 65.5 Å². The molecule has 0 fully saturated rings. The monoisotopic (exact) mass is 909 g/mol. The number of aliphatic hydroxyl groups is 1. The maximum Gasteiger partial charge on any atom is 0.394 e. The Morgan fingerprint density at radius 2 is 1.48 bits per heavy atom. The number of ketones is 1. The Balaban J connectivity index is 0.000000267. The summed E-state index contributed by atoms with van der Waals surface area (Å²) in [5.74, 6) is 0.547. The van der Waals surface area contributed by atoms with Gasteiger partial charge in [0.05, 0.1) is 33.2 Å². The van der Waals surface area contributed by atoms with Crippen LogP contribution in [-0.4, -0.2) is 30.9 Å². The second kappa shape index (κ2) is 15.0. The van der Waals surface area contributed by atoms with Crippen molar-refractivity contribution in [2.24, 2.45) is 17.3 Å². The zero-order valence-corrected chi connectivity index (χ0v) is 33.8.